The maximum atomic E-state index is 12.1. The SMILES string of the molecule is NC(=O)c1csc(S(=O)(=O)NCCCN2CCC[C@H](O)C2)c1. The molecule has 1 aromatic rings. The Hall–Kier alpha value is -1.00. The molecule has 0 spiro atoms. The first-order valence-electron chi connectivity index (χ1n) is 7.17. The number of hydrogen-bond acceptors (Lipinski definition) is 6. The highest BCUT2D eigenvalue weighted by atomic mass is 32.2. The van der Waals surface area contributed by atoms with E-state index >= 15 is 0 Å². The number of carbonyl (C=O) groups excluding carboxylic acids is 1. The van der Waals surface area contributed by atoms with Crippen molar-refractivity contribution in [1.82, 2.24) is 9.62 Å². The van der Waals surface area contributed by atoms with E-state index in [4.69, 9.17) is 5.73 Å². The van der Waals surface area contributed by atoms with Gasteiger partial charge in [-0.1, -0.05) is 0 Å². The van der Waals surface area contributed by atoms with Gasteiger partial charge in [-0.2, -0.15) is 0 Å². The molecular weight excluding hydrogens is 326 g/mol. The Bertz CT molecular complexity index is 615. The Morgan fingerprint density at radius 2 is 2.32 bits per heavy atom. The number of nitrogens with one attached hydrogen (secondary N) is 1. The van der Waals surface area contributed by atoms with Crippen LogP contribution in [0.2, 0.25) is 0 Å². The quantitative estimate of drug-likeness (QED) is 0.600. The fourth-order valence-electron chi connectivity index (χ4n) is 2.40. The topological polar surface area (TPSA) is 113 Å². The van der Waals surface area contributed by atoms with Gasteiger partial charge in [-0.15, -0.1) is 11.3 Å². The zero-order valence-corrected chi connectivity index (χ0v) is 13.8. The fourth-order valence-corrected chi connectivity index (χ4v) is 4.69. The van der Waals surface area contributed by atoms with Crippen molar-refractivity contribution in [3.8, 4) is 0 Å². The zero-order chi connectivity index (χ0) is 16.2. The van der Waals surface area contributed by atoms with Crippen molar-refractivity contribution in [3.63, 3.8) is 0 Å². The standard InChI is InChI=1S/C13H21N3O4S2/c14-13(18)10-7-12(21-9-10)22(19,20)15-4-2-6-16-5-1-3-11(17)8-16/h7,9,11,15,17H,1-6,8H2,(H2,14,18)/t11-/m0/s1. The average molecular weight is 347 g/mol. The maximum Gasteiger partial charge on any atom is 0.250 e. The molecule has 0 saturated carbocycles. The minimum Gasteiger partial charge on any atom is -0.392 e. The number of sulfonamides is 1. The van der Waals surface area contributed by atoms with Crippen LogP contribution in [0.15, 0.2) is 15.7 Å². The fraction of sp³-hybridized carbons (Fsp3) is 0.615. The van der Waals surface area contributed by atoms with Crippen LogP contribution >= 0.6 is 11.3 Å². The Balaban J connectivity index is 1.78. The van der Waals surface area contributed by atoms with Gasteiger partial charge in [0.2, 0.25) is 15.9 Å². The summed E-state index contributed by atoms with van der Waals surface area (Å²) in [7, 11) is -3.59. The lowest BCUT2D eigenvalue weighted by atomic mass is 10.1. The summed E-state index contributed by atoms with van der Waals surface area (Å²) in [6.07, 6.45) is 2.20. The molecule has 1 aliphatic heterocycles. The molecule has 0 radical (unpaired) electrons. The first-order valence-corrected chi connectivity index (χ1v) is 9.53. The van der Waals surface area contributed by atoms with Gasteiger partial charge < -0.3 is 15.7 Å². The third kappa shape index (κ3) is 4.75. The van der Waals surface area contributed by atoms with Crippen LogP contribution in [0.25, 0.3) is 0 Å². The summed E-state index contributed by atoms with van der Waals surface area (Å²) in [4.78, 5) is 13.1. The molecule has 4 N–H and O–H groups in total. The molecule has 1 saturated heterocycles. The Morgan fingerprint density at radius 1 is 1.55 bits per heavy atom. The molecule has 9 heteroatoms. The second-order valence-electron chi connectivity index (χ2n) is 5.37. The number of amides is 1. The smallest absolute Gasteiger partial charge is 0.250 e. The van der Waals surface area contributed by atoms with Gasteiger partial charge in [0.1, 0.15) is 4.21 Å². The van der Waals surface area contributed by atoms with E-state index in [1.54, 1.807) is 0 Å². The number of primary amides is 1. The van der Waals surface area contributed by atoms with Crippen molar-refractivity contribution in [2.75, 3.05) is 26.2 Å². The van der Waals surface area contributed by atoms with Crippen molar-refractivity contribution in [2.45, 2.75) is 29.6 Å². The number of nitrogens with two attached hydrogens (primary N) is 1. The molecule has 124 valence electrons. The van der Waals surface area contributed by atoms with E-state index in [-0.39, 0.29) is 15.9 Å². The number of hydrogen-bond donors (Lipinski definition) is 3. The molecule has 0 aromatic carbocycles. The lowest BCUT2D eigenvalue weighted by molar-refractivity contribution is 0.0704. The Labute approximate surface area is 134 Å². The summed E-state index contributed by atoms with van der Waals surface area (Å²) in [5.74, 6) is -0.638. The van der Waals surface area contributed by atoms with Crippen LogP contribution in [0.4, 0.5) is 0 Å². The van der Waals surface area contributed by atoms with Gasteiger partial charge in [0, 0.05) is 18.5 Å². The van der Waals surface area contributed by atoms with Gasteiger partial charge in [0.05, 0.1) is 11.7 Å². The molecular formula is C13H21N3O4S2. The summed E-state index contributed by atoms with van der Waals surface area (Å²) in [6.45, 7) is 2.66. The molecule has 0 unspecified atom stereocenters. The number of piperidine rings is 1. The van der Waals surface area contributed by atoms with Gasteiger partial charge in [-0.3, -0.25) is 4.79 Å². The molecule has 1 amide bonds. The molecule has 22 heavy (non-hydrogen) atoms. The number of aliphatic hydroxyl groups excluding tert-OH is 1. The highest BCUT2D eigenvalue weighted by Crippen LogP contribution is 2.19. The van der Waals surface area contributed by atoms with Crippen LogP contribution in [0.5, 0.6) is 0 Å². The molecule has 7 nitrogen and oxygen atoms in total. The molecule has 1 fully saturated rings. The number of thiophene rings is 1. The minimum atomic E-state index is -3.59. The second kappa shape index (κ2) is 7.51. The first kappa shape index (κ1) is 17.4. The molecule has 2 rings (SSSR count). The van der Waals surface area contributed by atoms with Crippen LogP contribution in [0.3, 0.4) is 0 Å². The second-order valence-corrected chi connectivity index (χ2v) is 8.27. The van der Waals surface area contributed by atoms with E-state index in [0.717, 1.165) is 37.3 Å². The number of nitrogens with zero attached hydrogens (tertiary/aromatic N) is 1. The van der Waals surface area contributed by atoms with Gasteiger partial charge >= 0.3 is 0 Å². The number of carbonyl (C=O) groups is 1. The molecule has 0 bridgehead atoms. The predicted molar refractivity (Wildman–Crippen MR) is 84.3 cm³/mol. The maximum absolute atomic E-state index is 12.1. The predicted octanol–water partition coefficient (Wildman–Crippen LogP) is -0.0279. The van der Waals surface area contributed by atoms with Crippen LogP contribution < -0.4 is 10.5 Å². The molecule has 2 heterocycles. The average Bonchev–Trinajstić information content (AvgIpc) is 2.94. The number of rotatable bonds is 7. The van der Waals surface area contributed by atoms with E-state index in [1.807, 2.05) is 0 Å². The number of aliphatic hydroxyl groups is 1. The lowest BCUT2D eigenvalue weighted by Crippen LogP contribution is -2.39. The van der Waals surface area contributed by atoms with Crippen molar-refractivity contribution < 1.29 is 18.3 Å². The summed E-state index contributed by atoms with van der Waals surface area (Å²) in [5, 5.41) is 11.0. The Morgan fingerprint density at radius 3 is 2.95 bits per heavy atom. The highest BCUT2D eigenvalue weighted by molar-refractivity contribution is 7.91. The van der Waals surface area contributed by atoms with Gasteiger partial charge in [-0.25, -0.2) is 13.1 Å². The molecule has 1 atom stereocenters. The largest absolute Gasteiger partial charge is 0.392 e. The third-order valence-electron chi connectivity index (χ3n) is 3.55. The summed E-state index contributed by atoms with van der Waals surface area (Å²) in [6, 6.07) is 1.29. The summed E-state index contributed by atoms with van der Waals surface area (Å²) in [5.41, 5.74) is 5.31. The van der Waals surface area contributed by atoms with Crippen molar-refractivity contribution >= 4 is 27.3 Å². The normalized spacial score (nSPS) is 20.1. The number of β-amino-alcohol motifs (C(OH)–C–C–N with tert-alkyl or cyclic N) is 1. The third-order valence-corrected chi connectivity index (χ3v) is 6.45. The minimum absolute atomic E-state index is 0.0923. The van der Waals surface area contributed by atoms with Gasteiger partial charge in [0.25, 0.3) is 0 Å². The van der Waals surface area contributed by atoms with Crippen molar-refractivity contribution in [1.29, 1.82) is 0 Å². The van der Waals surface area contributed by atoms with Crippen LogP contribution in [0, 0.1) is 0 Å². The first-order chi connectivity index (χ1) is 10.4. The van der Waals surface area contributed by atoms with E-state index < -0.39 is 15.9 Å². The van der Waals surface area contributed by atoms with E-state index in [1.165, 1.54) is 11.4 Å². The van der Waals surface area contributed by atoms with E-state index in [2.05, 4.69) is 9.62 Å². The molecule has 1 aromatic heterocycles. The summed E-state index contributed by atoms with van der Waals surface area (Å²) >= 11 is 0.976. The van der Waals surface area contributed by atoms with Crippen LogP contribution in [-0.4, -0.2) is 56.6 Å². The lowest BCUT2D eigenvalue weighted by Gasteiger charge is -2.29. The van der Waals surface area contributed by atoms with E-state index in [0.29, 0.717) is 19.5 Å². The van der Waals surface area contributed by atoms with Gasteiger partial charge in [0.15, 0.2) is 0 Å². The number of likely N-dealkylation sites (tertiary alicyclic amines) is 1. The van der Waals surface area contributed by atoms with Crippen molar-refractivity contribution in [3.05, 3.63) is 17.0 Å². The zero-order valence-electron chi connectivity index (χ0n) is 12.2. The van der Waals surface area contributed by atoms with Crippen LogP contribution in [-0.2, 0) is 10.0 Å². The van der Waals surface area contributed by atoms with E-state index in [9.17, 15) is 18.3 Å². The van der Waals surface area contributed by atoms with Crippen molar-refractivity contribution in [2.24, 2.45) is 5.73 Å². The van der Waals surface area contributed by atoms with Gasteiger partial charge in [-0.05, 0) is 38.4 Å². The molecule has 0 aliphatic carbocycles. The molecule has 1 aliphatic rings. The summed E-state index contributed by atoms with van der Waals surface area (Å²) < 4.78 is 26.7. The highest BCUT2D eigenvalue weighted by Gasteiger charge is 2.19. The Kier molecular flexibility index (Phi) is 5.93. The monoisotopic (exact) mass is 347 g/mol. The van der Waals surface area contributed by atoms with Crippen LogP contribution in [0.1, 0.15) is 29.6 Å².